The number of hydrogen-bond donors (Lipinski definition) is 1. The Bertz CT molecular complexity index is 429. The fraction of sp³-hybridized carbons (Fsp3) is 0.647. The van der Waals surface area contributed by atoms with E-state index in [1.54, 1.807) is 0 Å². The van der Waals surface area contributed by atoms with Crippen molar-refractivity contribution in [1.29, 1.82) is 0 Å². The van der Waals surface area contributed by atoms with Gasteiger partial charge in [-0.1, -0.05) is 49.1 Å². The summed E-state index contributed by atoms with van der Waals surface area (Å²) in [4.78, 5) is 2.45. The van der Waals surface area contributed by atoms with E-state index in [1.165, 1.54) is 37.7 Å². The largest absolute Gasteiger partial charge is 0.299 e. The molecule has 0 aliphatic heterocycles. The Morgan fingerprint density at radius 1 is 1.25 bits per heavy atom. The van der Waals surface area contributed by atoms with E-state index in [4.69, 9.17) is 11.6 Å². The third kappa shape index (κ3) is 3.72. The van der Waals surface area contributed by atoms with Gasteiger partial charge in [0.05, 0.1) is 0 Å². The molecule has 112 valence electrons. The average Bonchev–Trinajstić information content (AvgIpc) is 2.48. The van der Waals surface area contributed by atoms with Gasteiger partial charge in [-0.3, -0.25) is 4.90 Å². The van der Waals surface area contributed by atoms with Crippen molar-refractivity contribution in [3.63, 3.8) is 0 Å². The molecule has 2 rings (SSSR count). The molecule has 1 aromatic rings. The summed E-state index contributed by atoms with van der Waals surface area (Å²) in [5, 5.41) is 0.871. The highest BCUT2D eigenvalue weighted by atomic mass is 35.5. The zero-order chi connectivity index (χ0) is 14.6. The summed E-state index contributed by atoms with van der Waals surface area (Å²) in [6.45, 7) is 3.36. The van der Waals surface area contributed by atoms with Crippen LogP contribution in [0.5, 0.6) is 0 Å². The summed E-state index contributed by atoms with van der Waals surface area (Å²) >= 11 is 11.0. The van der Waals surface area contributed by atoms with Crippen molar-refractivity contribution >= 4 is 24.2 Å². The Kier molecular flexibility index (Phi) is 5.83. The third-order valence-electron chi connectivity index (χ3n) is 4.85. The predicted molar refractivity (Wildman–Crippen MR) is 91.9 cm³/mol. The molecule has 1 nitrogen and oxygen atoms in total. The van der Waals surface area contributed by atoms with Gasteiger partial charge in [-0.2, -0.15) is 12.6 Å². The van der Waals surface area contributed by atoms with Gasteiger partial charge >= 0.3 is 0 Å². The first-order chi connectivity index (χ1) is 9.58. The highest BCUT2D eigenvalue weighted by Crippen LogP contribution is 2.39. The molecule has 1 unspecified atom stereocenters. The maximum Gasteiger partial charge on any atom is 0.0453 e. The monoisotopic (exact) mass is 311 g/mol. The summed E-state index contributed by atoms with van der Waals surface area (Å²) < 4.78 is 0. The number of halogens is 1. The SMILES string of the molecule is CC(c1ccccc1Cl)N(C)CC1(CS)CCCCC1. The molecule has 1 aliphatic carbocycles. The van der Waals surface area contributed by atoms with Crippen LogP contribution in [0.3, 0.4) is 0 Å². The molecule has 0 aromatic heterocycles. The summed E-state index contributed by atoms with van der Waals surface area (Å²) in [5.41, 5.74) is 1.62. The Balaban J connectivity index is 2.07. The van der Waals surface area contributed by atoms with Gasteiger partial charge in [0.2, 0.25) is 0 Å². The Labute approximate surface area is 134 Å². The van der Waals surface area contributed by atoms with E-state index in [-0.39, 0.29) is 0 Å². The molecule has 3 heteroatoms. The van der Waals surface area contributed by atoms with Crippen LogP contribution in [0.4, 0.5) is 0 Å². The minimum atomic E-state index is 0.349. The van der Waals surface area contributed by atoms with Gasteiger partial charge in [0.15, 0.2) is 0 Å². The number of rotatable bonds is 5. The van der Waals surface area contributed by atoms with Gasteiger partial charge in [-0.15, -0.1) is 0 Å². The van der Waals surface area contributed by atoms with Crippen LogP contribution in [0.1, 0.15) is 50.6 Å². The fourth-order valence-corrected chi connectivity index (χ4v) is 4.10. The highest BCUT2D eigenvalue weighted by molar-refractivity contribution is 7.80. The Morgan fingerprint density at radius 2 is 1.90 bits per heavy atom. The molecule has 1 aliphatic rings. The van der Waals surface area contributed by atoms with Crippen LogP contribution in [0, 0.1) is 5.41 Å². The highest BCUT2D eigenvalue weighted by Gasteiger charge is 2.33. The Morgan fingerprint density at radius 3 is 2.50 bits per heavy atom. The molecule has 1 fully saturated rings. The molecule has 0 spiro atoms. The van der Waals surface area contributed by atoms with E-state index in [0.29, 0.717) is 11.5 Å². The second kappa shape index (κ2) is 7.20. The Hall–Kier alpha value is -0.180. The average molecular weight is 312 g/mol. The maximum absolute atomic E-state index is 6.33. The van der Waals surface area contributed by atoms with Crippen LogP contribution in [0.2, 0.25) is 5.02 Å². The molecular weight excluding hydrogens is 286 g/mol. The van der Waals surface area contributed by atoms with Gasteiger partial charge in [0, 0.05) is 17.6 Å². The van der Waals surface area contributed by atoms with Crippen molar-refractivity contribution in [2.75, 3.05) is 19.3 Å². The van der Waals surface area contributed by atoms with Crippen LogP contribution >= 0.6 is 24.2 Å². The maximum atomic E-state index is 6.33. The van der Waals surface area contributed by atoms with E-state index >= 15 is 0 Å². The lowest BCUT2D eigenvalue weighted by Gasteiger charge is -2.41. The van der Waals surface area contributed by atoms with Gasteiger partial charge in [-0.25, -0.2) is 0 Å². The van der Waals surface area contributed by atoms with Gasteiger partial charge in [-0.05, 0) is 49.6 Å². The number of hydrogen-bond acceptors (Lipinski definition) is 2. The molecule has 1 atom stereocenters. The summed E-state index contributed by atoms with van der Waals surface area (Å²) in [6.07, 6.45) is 6.73. The topological polar surface area (TPSA) is 3.24 Å². The fourth-order valence-electron chi connectivity index (χ4n) is 3.39. The van der Waals surface area contributed by atoms with E-state index in [0.717, 1.165) is 17.3 Å². The summed E-state index contributed by atoms with van der Waals surface area (Å²) in [6, 6.07) is 8.53. The minimum Gasteiger partial charge on any atom is -0.299 e. The third-order valence-corrected chi connectivity index (χ3v) is 5.87. The lowest BCUT2D eigenvalue weighted by atomic mass is 9.75. The van der Waals surface area contributed by atoms with Crippen LogP contribution in [0.15, 0.2) is 24.3 Å². The van der Waals surface area contributed by atoms with Crippen molar-refractivity contribution in [2.45, 2.75) is 45.1 Å². The van der Waals surface area contributed by atoms with Crippen LogP contribution < -0.4 is 0 Å². The summed E-state index contributed by atoms with van der Waals surface area (Å²) in [5.74, 6) is 0.993. The van der Waals surface area contributed by atoms with Gasteiger partial charge in [0.1, 0.15) is 0 Å². The quantitative estimate of drug-likeness (QED) is 0.730. The summed E-state index contributed by atoms with van der Waals surface area (Å²) in [7, 11) is 2.22. The van der Waals surface area contributed by atoms with Crippen LogP contribution in [-0.2, 0) is 0 Å². The lowest BCUT2D eigenvalue weighted by molar-refractivity contribution is 0.120. The predicted octanol–water partition coefficient (Wildman–Crippen LogP) is 5.21. The molecule has 0 bridgehead atoms. The van der Waals surface area contributed by atoms with Crippen molar-refractivity contribution < 1.29 is 0 Å². The molecule has 20 heavy (non-hydrogen) atoms. The van der Waals surface area contributed by atoms with E-state index in [2.05, 4.69) is 43.6 Å². The number of benzene rings is 1. The second-order valence-electron chi connectivity index (χ2n) is 6.33. The molecule has 0 heterocycles. The molecule has 1 aromatic carbocycles. The molecular formula is C17H26ClNS. The number of thiol groups is 1. The molecule has 0 saturated heterocycles. The first-order valence-electron chi connectivity index (χ1n) is 7.63. The lowest BCUT2D eigenvalue weighted by Crippen LogP contribution is -2.39. The van der Waals surface area contributed by atoms with Crippen LogP contribution in [-0.4, -0.2) is 24.2 Å². The first kappa shape index (κ1) is 16.2. The standard InChI is InChI=1S/C17H26ClNS/c1-14(15-8-4-5-9-16(15)18)19(2)12-17(13-20)10-6-3-7-11-17/h4-5,8-9,14,20H,3,6-7,10-13H2,1-2H3. The van der Waals surface area contributed by atoms with E-state index < -0.39 is 0 Å². The first-order valence-corrected chi connectivity index (χ1v) is 8.64. The normalized spacial score (nSPS) is 20.1. The van der Waals surface area contributed by atoms with Crippen molar-refractivity contribution in [3.8, 4) is 0 Å². The van der Waals surface area contributed by atoms with Crippen molar-refractivity contribution in [2.24, 2.45) is 5.41 Å². The zero-order valence-electron chi connectivity index (χ0n) is 12.6. The van der Waals surface area contributed by atoms with Gasteiger partial charge in [0.25, 0.3) is 0 Å². The van der Waals surface area contributed by atoms with Crippen molar-refractivity contribution in [3.05, 3.63) is 34.9 Å². The van der Waals surface area contributed by atoms with E-state index in [1.807, 2.05) is 12.1 Å². The smallest absolute Gasteiger partial charge is 0.0453 e. The molecule has 0 amide bonds. The van der Waals surface area contributed by atoms with Crippen LogP contribution in [0.25, 0.3) is 0 Å². The molecule has 0 N–H and O–H groups in total. The second-order valence-corrected chi connectivity index (χ2v) is 7.05. The zero-order valence-corrected chi connectivity index (χ0v) is 14.3. The minimum absolute atomic E-state index is 0.349. The van der Waals surface area contributed by atoms with Crippen molar-refractivity contribution in [1.82, 2.24) is 4.90 Å². The van der Waals surface area contributed by atoms with Gasteiger partial charge < -0.3 is 0 Å². The molecule has 0 radical (unpaired) electrons. The number of nitrogens with zero attached hydrogens (tertiary/aromatic N) is 1. The van der Waals surface area contributed by atoms with E-state index in [9.17, 15) is 0 Å². The molecule has 1 saturated carbocycles.